The van der Waals surface area contributed by atoms with Crippen molar-refractivity contribution in [2.45, 2.75) is 19.4 Å². The lowest BCUT2D eigenvalue weighted by atomic mass is 10.2. The van der Waals surface area contributed by atoms with E-state index in [-0.39, 0.29) is 12.6 Å². The topological polar surface area (TPSA) is 62.4 Å². The molecule has 14 heavy (non-hydrogen) atoms. The highest BCUT2D eigenvalue weighted by Crippen LogP contribution is 2.25. The maximum atomic E-state index is 8.85. The molecule has 0 aliphatic rings. The van der Waals surface area contributed by atoms with Crippen LogP contribution >= 0.6 is 11.3 Å². The van der Waals surface area contributed by atoms with Gasteiger partial charge in [0.1, 0.15) is 0 Å². The van der Waals surface area contributed by atoms with Gasteiger partial charge in [0.15, 0.2) is 5.13 Å². The van der Waals surface area contributed by atoms with Crippen molar-refractivity contribution in [2.24, 2.45) is 5.73 Å². The van der Waals surface area contributed by atoms with E-state index in [1.165, 1.54) is 0 Å². The van der Waals surface area contributed by atoms with Gasteiger partial charge in [-0.3, -0.25) is 0 Å². The maximum Gasteiger partial charge on any atom is 0.185 e. The zero-order valence-electron chi connectivity index (χ0n) is 8.82. The Morgan fingerprint density at radius 3 is 2.64 bits per heavy atom. The van der Waals surface area contributed by atoms with E-state index in [9.17, 15) is 0 Å². The van der Waals surface area contributed by atoms with Gasteiger partial charge >= 0.3 is 0 Å². The summed E-state index contributed by atoms with van der Waals surface area (Å²) in [6.07, 6.45) is 0.702. The molecule has 0 fully saturated rings. The molecule has 80 valence electrons. The summed E-state index contributed by atoms with van der Waals surface area (Å²) >= 11 is 1.63. The van der Waals surface area contributed by atoms with Gasteiger partial charge in [-0.1, -0.05) is 0 Å². The Bertz CT molecular complexity index is 298. The third kappa shape index (κ3) is 2.67. The van der Waals surface area contributed by atoms with E-state index >= 15 is 0 Å². The maximum absolute atomic E-state index is 8.85. The molecule has 0 amide bonds. The van der Waals surface area contributed by atoms with Gasteiger partial charge in [0.2, 0.25) is 0 Å². The fourth-order valence-corrected chi connectivity index (χ4v) is 2.17. The number of nitrogens with two attached hydrogens (primary N) is 1. The fourth-order valence-electron chi connectivity index (χ4n) is 1.10. The monoisotopic (exact) mass is 215 g/mol. The largest absolute Gasteiger partial charge is 0.395 e. The number of hydrogen-bond acceptors (Lipinski definition) is 5. The van der Waals surface area contributed by atoms with Crippen LogP contribution in [-0.4, -0.2) is 36.8 Å². The minimum absolute atomic E-state index is 0.0225. The molecule has 0 aliphatic heterocycles. The summed E-state index contributed by atoms with van der Waals surface area (Å²) in [6.45, 7) is 2.00. The van der Waals surface area contributed by atoms with E-state index < -0.39 is 0 Å². The van der Waals surface area contributed by atoms with Crippen molar-refractivity contribution in [3.05, 3.63) is 10.6 Å². The van der Waals surface area contributed by atoms with Gasteiger partial charge in [-0.25, -0.2) is 4.98 Å². The fraction of sp³-hybridized carbons (Fsp3) is 0.667. The first-order chi connectivity index (χ1) is 6.54. The molecule has 5 heteroatoms. The van der Waals surface area contributed by atoms with Gasteiger partial charge in [-0.15, -0.1) is 11.3 Å². The minimum Gasteiger partial charge on any atom is -0.395 e. The standard InChI is InChI=1S/C9H17N3OS/c1-6-8(4-7(10)5-13)14-9(11-6)12(2)3/h7,13H,4-5,10H2,1-3H3. The third-order valence-electron chi connectivity index (χ3n) is 1.95. The molecule has 1 unspecified atom stereocenters. The first-order valence-electron chi connectivity index (χ1n) is 4.54. The molecule has 0 aromatic carbocycles. The second-order valence-electron chi connectivity index (χ2n) is 3.55. The molecule has 1 atom stereocenters. The molecule has 0 spiro atoms. The molecular formula is C9H17N3OS. The molecular weight excluding hydrogens is 198 g/mol. The lowest BCUT2D eigenvalue weighted by molar-refractivity contribution is 0.265. The summed E-state index contributed by atoms with van der Waals surface area (Å²) in [5, 5.41) is 9.84. The van der Waals surface area contributed by atoms with Gasteiger partial charge in [-0.2, -0.15) is 0 Å². The molecule has 3 N–H and O–H groups in total. The van der Waals surface area contributed by atoms with Crippen LogP contribution < -0.4 is 10.6 Å². The summed E-state index contributed by atoms with van der Waals surface area (Å²) in [5.41, 5.74) is 6.69. The highest BCUT2D eigenvalue weighted by atomic mass is 32.1. The predicted molar refractivity (Wildman–Crippen MR) is 59.9 cm³/mol. The number of hydrogen-bond donors (Lipinski definition) is 2. The quantitative estimate of drug-likeness (QED) is 0.762. The number of rotatable bonds is 4. The summed E-state index contributed by atoms with van der Waals surface area (Å²) in [6, 6.07) is -0.177. The van der Waals surface area contributed by atoms with Crippen LogP contribution in [0.3, 0.4) is 0 Å². The van der Waals surface area contributed by atoms with Crippen LogP contribution in [0.2, 0.25) is 0 Å². The Morgan fingerprint density at radius 1 is 1.57 bits per heavy atom. The predicted octanol–water partition coefficient (Wildman–Crippen LogP) is 0.380. The molecule has 0 saturated carbocycles. The average Bonchev–Trinajstić information content (AvgIpc) is 2.48. The van der Waals surface area contributed by atoms with Crippen LogP contribution in [0.4, 0.5) is 5.13 Å². The van der Waals surface area contributed by atoms with Gasteiger partial charge in [0.25, 0.3) is 0 Å². The molecule has 1 aromatic rings. The Morgan fingerprint density at radius 2 is 2.21 bits per heavy atom. The molecule has 0 bridgehead atoms. The van der Waals surface area contributed by atoms with E-state index in [0.29, 0.717) is 6.42 Å². The van der Waals surface area contributed by atoms with Gasteiger partial charge < -0.3 is 15.7 Å². The highest BCUT2D eigenvalue weighted by molar-refractivity contribution is 7.15. The van der Waals surface area contributed by atoms with Crippen LogP contribution in [-0.2, 0) is 6.42 Å². The summed E-state index contributed by atoms with van der Waals surface area (Å²) in [4.78, 5) is 7.54. The smallest absolute Gasteiger partial charge is 0.185 e. The normalized spacial score (nSPS) is 12.9. The lowest BCUT2D eigenvalue weighted by Crippen LogP contribution is -2.26. The van der Waals surface area contributed by atoms with Crippen molar-refractivity contribution in [2.75, 3.05) is 25.6 Å². The van der Waals surface area contributed by atoms with Crippen LogP contribution in [0.25, 0.3) is 0 Å². The van der Waals surface area contributed by atoms with Crippen LogP contribution in [0.15, 0.2) is 0 Å². The highest BCUT2D eigenvalue weighted by Gasteiger charge is 2.11. The number of nitrogens with zero attached hydrogens (tertiary/aromatic N) is 2. The zero-order chi connectivity index (χ0) is 10.7. The van der Waals surface area contributed by atoms with Gasteiger partial charge in [0.05, 0.1) is 12.3 Å². The number of anilines is 1. The second-order valence-corrected chi connectivity index (χ2v) is 4.61. The van der Waals surface area contributed by atoms with Crippen molar-refractivity contribution < 1.29 is 5.11 Å². The molecule has 0 aliphatic carbocycles. The van der Waals surface area contributed by atoms with Gasteiger partial charge in [0, 0.05) is 31.4 Å². The van der Waals surface area contributed by atoms with Crippen LogP contribution in [0.1, 0.15) is 10.6 Å². The number of aliphatic hydroxyl groups excluding tert-OH is 1. The molecule has 1 aromatic heterocycles. The van der Waals surface area contributed by atoms with Crippen molar-refractivity contribution in [1.82, 2.24) is 4.98 Å². The van der Waals surface area contributed by atoms with E-state index in [1.54, 1.807) is 11.3 Å². The van der Waals surface area contributed by atoms with E-state index in [1.807, 2.05) is 25.9 Å². The van der Waals surface area contributed by atoms with E-state index in [2.05, 4.69) is 4.98 Å². The van der Waals surface area contributed by atoms with Gasteiger partial charge in [-0.05, 0) is 6.92 Å². The number of aliphatic hydroxyl groups is 1. The Hall–Kier alpha value is -0.650. The zero-order valence-corrected chi connectivity index (χ0v) is 9.64. The minimum atomic E-state index is -0.177. The first kappa shape index (κ1) is 11.4. The number of aromatic nitrogens is 1. The molecule has 1 heterocycles. The summed E-state index contributed by atoms with van der Waals surface area (Å²) < 4.78 is 0. The first-order valence-corrected chi connectivity index (χ1v) is 5.36. The van der Waals surface area contributed by atoms with E-state index in [4.69, 9.17) is 10.8 Å². The number of thiazole rings is 1. The summed E-state index contributed by atoms with van der Waals surface area (Å²) in [7, 11) is 3.93. The second kappa shape index (κ2) is 4.72. The molecule has 0 radical (unpaired) electrons. The molecule has 1 rings (SSSR count). The third-order valence-corrected chi connectivity index (χ3v) is 3.29. The van der Waals surface area contributed by atoms with Crippen molar-refractivity contribution in [3.8, 4) is 0 Å². The Labute approximate surface area is 88.4 Å². The Balaban J connectivity index is 2.77. The molecule has 4 nitrogen and oxygen atoms in total. The van der Waals surface area contributed by atoms with Crippen LogP contribution in [0.5, 0.6) is 0 Å². The van der Waals surface area contributed by atoms with Crippen molar-refractivity contribution in [3.63, 3.8) is 0 Å². The van der Waals surface area contributed by atoms with Crippen molar-refractivity contribution in [1.29, 1.82) is 0 Å². The average molecular weight is 215 g/mol. The van der Waals surface area contributed by atoms with Crippen LogP contribution in [0, 0.1) is 6.92 Å². The molecule has 0 saturated heterocycles. The lowest BCUT2D eigenvalue weighted by Gasteiger charge is -2.06. The Kier molecular flexibility index (Phi) is 3.86. The van der Waals surface area contributed by atoms with Crippen molar-refractivity contribution >= 4 is 16.5 Å². The number of aryl methyl sites for hydroxylation is 1. The summed E-state index contributed by atoms with van der Waals surface area (Å²) in [5.74, 6) is 0. The van der Waals surface area contributed by atoms with E-state index in [0.717, 1.165) is 15.7 Å². The SMILES string of the molecule is Cc1nc(N(C)C)sc1CC(N)CO.